The van der Waals surface area contributed by atoms with Gasteiger partial charge in [0.2, 0.25) is 5.91 Å². The van der Waals surface area contributed by atoms with E-state index in [-0.39, 0.29) is 18.0 Å². The third-order valence-electron chi connectivity index (χ3n) is 4.07. The van der Waals surface area contributed by atoms with Crippen molar-refractivity contribution in [2.75, 3.05) is 6.54 Å². The predicted molar refractivity (Wildman–Crippen MR) is 79.1 cm³/mol. The van der Waals surface area contributed by atoms with Crippen LogP contribution in [0.4, 0.5) is 4.79 Å². The number of amides is 3. The van der Waals surface area contributed by atoms with E-state index in [9.17, 15) is 9.59 Å². The Labute approximate surface area is 129 Å². The SMILES string of the molecule is CC(C)c1cc(CNC(=O)N[C@H]2CC(=O)N(C3CC3)C2)on1. The molecule has 2 heterocycles. The van der Waals surface area contributed by atoms with Crippen LogP contribution in [-0.4, -0.2) is 40.6 Å². The van der Waals surface area contributed by atoms with E-state index in [1.165, 1.54) is 0 Å². The van der Waals surface area contributed by atoms with E-state index < -0.39 is 0 Å². The molecule has 0 aromatic carbocycles. The molecule has 0 bridgehead atoms. The Balaban J connectivity index is 1.43. The predicted octanol–water partition coefficient (Wildman–Crippen LogP) is 1.36. The largest absolute Gasteiger partial charge is 0.359 e. The fraction of sp³-hybridized carbons (Fsp3) is 0.667. The Morgan fingerprint density at radius 3 is 2.91 bits per heavy atom. The maximum atomic E-state index is 11.9. The molecule has 1 atom stereocenters. The molecular formula is C15H22N4O3. The van der Waals surface area contributed by atoms with Gasteiger partial charge in [-0.15, -0.1) is 0 Å². The minimum absolute atomic E-state index is 0.103. The fourth-order valence-corrected chi connectivity index (χ4v) is 2.66. The van der Waals surface area contributed by atoms with Crippen molar-refractivity contribution >= 4 is 11.9 Å². The van der Waals surface area contributed by atoms with Gasteiger partial charge in [-0.05, 0) is 18.8 Å². The van der Waals surface area contributed by atoms with E-state index >= 15 is 0 Å². The molecule has 120 valence electrons. The summed E-state index contributed by atoms with van der Waals surface area (Å²) in [5, 5.41) is 9.53. The number of rotatable bonds is 5. The van der Waals surface area contributed by atoms with Gasteiger partial charge < -0.3 is 20.1 Å². The minimum atomic E-state index is -0.280. The van der Waals surface area contributed by atoms with Gasteiger partial charge in [0.15, 0.2) is 5.76 Å². The van der Waals surface area contributed by atoms with Gasteiger partial charge in [0.05, 0.1) is 18.3 Å². The number of carbonyl (C=O) groups is 2. The lowest BCUT2D eigenvalue weighted by molar-refractivity contribution is -0.128. The monoisotopic (exact) mass is 306 g/mol. The fourth-order valence-electron chi connectivity index (χ4n) is 2.66. The Morgan fingerprint density at radius 2 is 2.27 bits per heavy atom. The standard InChI is InChI=1S/C15H22N4O3/c1-9(2)13-6-12(22-18-13)7-16-15(21)17-10-5-14(20)19(8-10)11-3-4-11/h6,9-11H,3-5,7-8H2,1-2H3,(H2,16,17,21)/t10-/m0/s1. The van der Waals surface area contributed by atoms with Crippen molar-refractivity contribution in [2.24, 2.45) is 0 Å². The number of hydrogen-bond donors (Lipinski definition) is 2. The van der Waals surface area contributed by atoms with Crippen molar-refractivity contribution in [1.82, 2.24) is 20.7 Å². The van der Waals surface area contributed by atoms with E-state index in [0.717, 1.165) is 18.5 Å². The molecule has 7 heteroatoms. The summed E-state index contributed by atoms with van der Waals surface area (Å²) >= 11 is 0. The summed E-state index contributed by atoms with van der Waals surface area (Å²) in [6.07, 6.45) is 2.58. The number of urea groups is 1. The second kappa shape index (κ2) is 5.98. The van der Waals surface area contributed by atoms with Crippen LogP contribution in [0.25, 0.3) is 0 Å². The number of carbonyl (C=O) groups excluding carboxylic acids is 2. The summed E-state index contributed by atoms with van der Waals surface area (Å²) in [4.78, 5) is 25.6. The molecule has 1 saturated carbocycles. The summed E-state index contributed by atoms with van der Waals surface area (Å²) in [6, 6.07) is 1.87. The molecule has 3 rings (SSSR count). The van der Waals surface area contributed by atoms with Crippen molar-refractivity contribution in [3.63, 3.8) is 0 Å². The van der Waals surface area contributed by atoms with Crippen LogP contribution in [0.2, 0.25) is 0 Å². The highest BCUT2D eigenvalue weighted by molar-refractivity contribution is 5.82. The Hall–Kier alpha value is -2.05. The van der Waals surface area contributed by atoms with E-state index in [4.69, 9.17) is 4.52 Å². The lowest BCUT2D eigenvalue weighted by atomic mass is 10.1. The van der Waals surface area contributed by atoms with Crippen LogP contribution in [-0.2, 0) is 11.3 Å². The zero-order valence-corrected chi connectivity index (χ0v) is 13.0. The van der Waals surface area contributed by atoms with Crippen LogP contribution in [0, 0.1) is 0 Å². The van der Waals surface area contributed by atoms with Crippen molar-refractivity contribution in [3.8, 4) is 0 Å². The molecule has 7 nitrogen and oxygen atoms in total. The maximum Gasteiger partial charge on any atom is 0.315 e. The molecule has 2 N–H and O–H groups in total. The minimum Gasteiger partial charge on any atom is -0.359 e. The molecule has 2 fully saturated rings. The molecule has 0 unspecified atom stereocenters. The second-order valence-electron chi connectivity index (χ2n) is 6.38. The number of aromatic nitrogens is 1. The van der Waals surface area contributed by atoms with E-state index in [1.807, 2.05) is 24.8 Å². The normalized spacial score (nSPS) is 21.5. The number of nitrogens with zero attached hydrogens (tertiary/aromatic N) is 2. The van der Waals surface area contributed by atoms with Crippen LogP contribution >= 0.6 is 0 Å². The number of likely N-dealkylation sites (tertiary alicyclic amines) is 1. The average molecular weight is 306 g/mol. The lowest BCUT2D eigenvalue weighted by Gasteiger charge is -2.16. The Bertz CT molecular complexity index is 565. The first kappa shape index (κ1) is 14.9. The van der Waals surface area contributed by atoms with Gasteiger partial charge in [-0.25, -0.2) is 4.79 Å². The van der Waals surface area contributed by atoms with Crippen molar-refractivity contribution in [1.29, 1.82) is 0 Å². The molecule has 0 radical (unpaired) electrons. The molecule has 1 aliphatic heterocycles. The Kier molecular flexibility index (Phi) is 4.04. The van der Waals surface area contributed by atoms with Crippen molar-refractivity contribution in [3.05, 3.63) is 17.5 Å². The van der Waals surface area contributed by atoms with E-state index in [2.05, 4.69) is 15.8 Å². The molecule has 3 amide bonds. The van der Waals surface area contributed by atoms with Crippen LogP contribution in [0.1, 0.15) is 50.5 Å². The number of hydrogen-bond acceptors (Lipinski definition) is 4. The molecule has 0 spiro atoms. The van der Waals surface area contributed by atoms with E-state index in [1.54, 1.807) is 0 Å². The average Bonchev–Trinajstić information content (AvgIpc) is 3.07. The van der Waals surface area contributed by atoms with Crippen LogP contribution < -0.4 is 10.6 Å². The molecule has 1 saturated heterocycles. The molecule has 2 aliphatic rings. The molecule has 1 aromatic heterocycles. The van der Waals surface area contributed by atoms with Gasteiger partial charge in [0.25, 0.3) is 0 Å². The molecule has 22 heavy (non-hydrogen) atoms. The van der Waals surface area contributed by atoms with Gasteiger partial charge in [0.1, 0.15) is 0 Å². The highest BCUT2D eigenvalue weighted by atomic mass is 16.5. The molecular weight excluding hydrogens is 284 g/mol. The quantitative estimate of drug-likeness (QED) is 0.860. The number of nitrogens with one attached hydrogen (secondary N) is 2. The van der Waals surface area contributed by atoms with Crippen molar-refractivity contribution in [2.45, 2.75) is 57.7 Å². The summed E-state index contributed by atoms with van der Waals surface area (Å²) in [5.41, 5.74) is 0.874. The Morgan fingerprint density at radius 1 is 1.50 bits per heavy atom. The summed E-state index contributed by atoms with van der Waals surface area (Å²) in [5.74, 6) is 1.06. The first-order valence-corrected chi connectivity index (χ1v) is 7.82. The highest BCUT2D eigenvalue weighted by Gasteiger charge is 2.39. The summed E-state index contributed by atoms with van der Waals surface area (Å²) in [6.45, 7) is 4.98. The highest BCUT2D eigenvalue weighted by Crippen LogP contribution is 2.30. The third-order valence-corrected chi connectivity index (χ3v) is 4.07. The molecule has 1 aromatic rings. The van der Waals surface area contributed by atoms with Gasteiger partial charge in [-0.2, -0.15) is 0 Å². The van der Waals surface area contributed by atoms with Gasteiger partial charge >= 0.3 is 6.03 Å². The van der Waals surface area contributed by atoms with Crippen LogP contribution in [0.5, 0.6) is 0 Å². The zero-order chi connectivity index (χ0) is 15.7. The zero-order valence-electron chi connectivity index (χ0n) is 13.0. The summed E-state index contributed by atoms with van der Waals surface area (Å²) < 4.78 is 5.17. The lowest BCUT2D eigenvalue weighted by Crippen LogP contribution is -2.43. The first-order valence-electron chi connectivity index (χ1n) is 7.82. The smallest absolute Gasteiger partial charge is 0.315 e. The van der Waals surface area contributed by atoms with E-state index in [0.29, 0.717) is 37.2 Å². The molecule has 1 aliphatic carbocycles. The maximum absolute atomic E-state index is 11.9. The van der Waals surface area contributed by atoms with Crippen LogP contribution in [0.3, 0.4) is 0 Å². The summed E-state index contributed by atoms with van der Waals surface area (Å²) in [7, 11) is 0. The third kappa shape index (κ3) is 3.40. The van der Waals surface area contributed by atoms with Gasteiger partial charge in [-0.3, -0.25) is 4.79 Å². The van der Waals surface area contributed by atoms with Crippen molar-refractivity contribution < 1.29 is 14.1 Å². The van der Waals surface area contributed by atoms with Gasteiger partial charge in [0, 0.05) is 25.1 Å². The first-order chi connectivity index (χ1) is 10.5. The topological polar surface area (TPSA) is 87.5 Å². The van der Waals surface area contributed by atoms with Crippen LogP contribution in [0.15, 0.2) is 10.6 Å². The second-order valence-corrected chi connectivity index (χ2v) is 6.38. The van der Waals surface area contributed by atoms with Gasteiger partial charge in [-0.1, -0.05) is 19.0 Å².